The van der Waals surface area contributed by atoms with Crippen LogP contribution >= 0.6 is 0 Å². The molecule has 0 fully saturated rings. The van der Waals surface area contributed by atoms with E-state index in [1.54, 1.807) is 60.8 Å². The van der Waals surface area contributed by atoms with Crippen LogP contribution in [0.1, 0.15) is 27.6 Å². The number of nitrogens with zero attached hydrogens (tertiary/aromatic N) is 2. The summed E-state index contributed by atoms with van der Waals surface area (Å²) in [7, 11) is 0. The molecule has 2 heterocycles. The van der Waals surface area contributed by atoms with Gasteiger partial charge >= 0.3 is 5.97 Å². The number of carbonyl (C=O) groups excluding carboxylic acids is 2. The molecule has 0 aliphatic rings. The van der Waals surface area contributed by atoms with Gasteiger partial charge in [0.05, 0.1) is 6.20 Å². The number of nitrogens with one attached hydrogen (secondary N) is 1. The van der Waals surface area contributed by atoms with Crippen molar-refractivity contribution in [2.45, 2.75) is 13.0 Å². The van der Waals surface area contributed by atoms with E-state index in [9.17, 15) is 9.59 Å². The Balaban J connectivity index is 1.58. The van der Waals surface area contributed by atoms with E-state index in [4.69, 9.17) is 9.47 Å². The van der Waals surface area contributed by atoms with Crippen molar-refractivity contribution in [3.05, 3.63) is 114 Å². The second-order valence-corrected chi connectivity index (χ2v) is 7.20. The Hall–Kier alpha value is -4.52. The number of pyridine rings is 2. The molecule has 0 radical (unpaired) electrons. The standard InChI is InChI=1S/C26H21N3O4/c1-18-11-13-20(14-12-18)29-24(30)23(19-7-3-2-4-8-19)33-26(31)22-10-6-16-28-25(22)32-21-9-5-15-27-17-21/h2-17,23H,1H3,(H,29,30). The summed E-state index contributed by atoms with van der Waals surface area (Å²) in [6.45, 7) is 1.96. The summed E-state index contributed by atoms with van der Waals surface area (Å²) in [5, 5.41) is 2.81. The Morgan fingerprint density at radius 3 is 2.36 bits per heavy atom. The van der Waals surface area contributed by atoms with Crippen molar-refractivity contribution in [1.82, 2.24) is 9.97 Å². The maximum absolute atomic E-state index is 13.1. The number of benzene rings is 2. The molecule has 164 valence electrons. The van der Waals surface area contributed by atoms with Crippen LogP contribution in [0.25, 0.3) is 0 Å². The predicted molar refractivity (Wildman–Crippen MR) is 123 cm³/mol. The van der Waals surface area contributed by atoms with E-state index in [-0.39, 0.29) is 11.4 Å². The zero-order valence-corrected chi connectivity index (χ0v) is 17.8. The van der Waals surface area contributed by atoms with Crippen molar-refractivity contribution in [1.29, 1.82) is 0 Å². The van der Waals surface area contributed by atoms with E-state index < -0.39 is 18.0 Å². The smallest absolute Gasteiger partial charge is 0.344 e. The van der Waals surface area contributed by atoms with E-state index in [1.165, 1.54) is 18.5 Å². The van der Waals surface area contributed by atoms with E-state index in [0.717, 1.165) is 5.56 Å². The van der Waals surface area contributed by atoms with Gasteiger partial charge < -0.3 is 14.8 Å². The number of esters is 1. The number of rotatable bonds is 7. The van der Waals surface area contributed by atoms with Gasteiger partial charge in [0, 0.05) is 23.6 Å². The van der Waals surface area contributed by atoms with Crippen LogP contribution in [0, 0.1) is 6.92 Å². The van der Waals surface area contributed by atoms with Gasteiger partial charge in [0.1, 0.15) is 11.3 Å². The molecule has 0 aliphatic carbocycles. The number of anilines is 1. The summed E-state index contributed by atoms with van der Waals surface area (Å²) >= 11 is 0. The van der Waals surface area contributed by atoms with Crippen molar-refractivity contribution in [3.8, 4) is 11.6 Å². The van der Waals surface area contributed by atoms with Gasteiger partial charge in [-0.3, -0.25) is 9.78 Å². The Morgan fingerprint density at radius 2 is 1.64 bits per heavy atom. The lowest BCUT2D eigenvalue weighted by Crippen LogP contribution is -2.26. The van der Waals surface area contributed by atoms with Gasteiger partial charge in [-0.15, -0.1) is 0 Å². The van der Waals surface area contributed by atoms with E-state index in [2.05, 4.69) is 15.3 Å². The zero-order chi connectivity index (χ0) is 23.0. The normalized spacial score (nSPS) is 11.3. The van der Waals surface area contributed by atoms with Crippen molar-refractivity contribution in [3.63, 3.8) is 0 Å². The van der Waals surface area contributed by atoms with Gasteiger partial charge in [-0.1, -0.05) is 48.0 Å². The van der Waals surface area contributed by atoms with Crippen LogP contribution in [0.5, 0.6) is 11.6 Å². The average Bonchev–Trinajstić information content (AvgIpc) is 2.85. The lowest BCUT2D eigenvalue weighted by Gasteiger charge is -2.19. The molecule has 0 bridgehead atoms. The number of amides is 1. The molecule has 1 atom stereocenters. The summed E-state index contributed by atoms with van der Waals surface area (Å²) < 4.78 is 11.4. The second kappa shape index (κ2) is 10.2. The first kappa shape index (κ1) is 21.7. The van der Waals surface area contributed by atoms with Gasteiger partial charge in [-0.25, -0.2) is 9.78 Å². The van der Waals surface area contributed by atoms with Crippen LogP contribution in [0.3, 0.4) is 0 Å². The van der Waals surface area contributed by atoms with Gasteiger partial charge in [-0.2, -0.15) is 0 Å². The van der Waals surface area contributed by atoms with Gasteiger partial charge in [0.25, 0.3) is 5.91 Å². The first-order valence-electron chi connectivity index (χ1n) is 10.3. The summed E-state index contributed by atoms with van der Waals surface area (Å²) in [5.74, 6) is -0.741. The molecular formula is C26H21N3O4. The van der Waals surface area contributed by atoms with Gasteiger partial charge in [0.15, 0.2) is 0 Å². The average molecular weight is 439 g/mol. The minimum atomic E-state index is -1.17. The van der Waals surface area contributed by atoms with Gasteiger partial charge in [0.2, 0.25) is 12.0 Å². The number of aromatic nitrogens is 2. The van der Waals surface area contributed by atoms with Crippen molar-refractivity contribution in [2.24, 2.45) is 0 Å². The predicted octanol–water partition coefficient (Wildman–Crippen LogP) is 5.11. The van der Waals surface area contributed by atoms with E-state index in [0.29, 0.717) is 17.0 Å². The maximum Gasteiger partial charge on any atom is 0.344 e. The van der Waals surface area contributed by atoms with Crippen LogP contribution in [0.4, 0.5) is 5.69 Å². The second-order valence-electron chi connectivity index (χ2n) is 7.20. The first-order chi connectivity index (χ1) is 16.1. The highest BCUT2D eigenvalue weighted by Gasteiger charge is 2.27. The van der Waals surface area contributed by atoms with Crippen LogP contribution in [0.2, 0.25) is 0 Å². The summed E-state index contributed by atoms with van der Waals surface area (Å²) in [6.07, 6.45) is 3.44. The van der Waals surface area contributed by atoms with Crippen molar-refractivity contribution in [2.75, 3.05) is 5.32 Å². The highest BCUT2D eigenvalue weighted by atomic mass is 16.6. The summed E-state index contributed by atoms with van der Waals surface area (Å²) in [5.41, 5.74) is 2.29. The number of hydrogen-bond donors (Lipinski definition) is 1. The fourth-order valence-corrected chi connectivity index (χ4v) is 3.06. The lowest BCUT2D eigenvalue weighted by molar-refractivity contribution is -0.125. The SMILES string of the molecule is Cc1ccc(NC(=O)C(OC(=O)c2cccnc2Oc2cccnc2)c2ccccc2)cc1. The zero-order valence-electron chi connectivity index (χ0n) is 17.8. The van der Waals surface area contributed by atoms with Crippen LogP contribution in [0.15, 0.2) is 97.5 Å². The van der Waals surface area contributed by atoms with E-state index >= 15 is 0 Å². The number of carbonyl (C=O) groups is 2. The van der Waals surface area contributed by atoms with Crippen molar-refractivity contribution >= 4 is 17.6 Å². The highest BCUT2D eigenvalue weighted by molar-refractivity contribution is 5.98. The quantitative estimate of drug-likeness (QED) is 0.402. The molecule has 0 saturated carbocycles. The number of hydrogen-bond acceptors (Lipinski definition) is 6. The topological polar surface area (TPSA) is 90.4 Å². The summed E-state index contributed by atoms with van der Waals surface area (Å²) in [4.78, 5) is 34.3. The first-order valence-corrected chi connectivity index (χ1v) is 10.3. The molecule has 0 aliphatic heterocycles. The largest absolute Gasteiger partial charge is 0.444 e. The molecule has 0 spiro atoms. The van der Waals surface area contributed by atoms with Crippen molar-refractivity contribution < 1.29 is 19.1 Å². The maximum atomic E-state index is 13.1. The molecule has 1 N–H and O–H groups in total. The fourth-order valence-electron chi connectivity index (χ4n) is 3.06. The third kappa shape index (κ3) is 5.59. The fraction of sp³-hybridized carbons (Fsp3) is 0.0769. The molecule has 1 amide bonds. The van der Waals surface area contributed by atoms with Crippen LogP contribution < -0.4 is 10.1 Å². The van der Waals surface area contributed by atoms with E-state index in [1.807, 2.05) is 25.1 Å². The monoisotopic (exact) mass is 439 g/mol. The number of aryl methyl sites for hydroxylation is 1. The van der Waals surface area contributed by atoms with Gasteiger partial charge in [-0.05, 0) is 43.3 Å². The third-order valence-corrected chi connectivity index (χ3v) is 4.72. The highest BCUT2D eigenvalue weighted by Crippen LogP contribution is 2.26. The molecule has 4 rings (SSSR count). The molecule has 4 aromatic rings. The van der Waals surface area contributed by atoms with Crippen LogP contribution in [-0.2, 0) is 9.53 Å². The molecule has 1 unspecified atom stereocenters. The molecule has 7 heteroatoms. The van der Waals surface area contributed by atoms with Crippen LogP contribution in [-0.4, -0.2) is 21.8 Å². The Kier molecular flexibility index (Phi) is 6.70. The lowest BCUT2D eigenvalue weighted by atomic mass is 10.1. The Morgan fingerprint density at radius 1 is 0.879 bits per heavy atom. The Labute approximate surface area is 191 Å². The molecule has 7 nitrogen and oxygen atoms in total. The molecule has 33 heavy (non-hydrogen) atoms. The third-order valence-electron chi connectivity index (χ3n) is 4.72. The minimum absolute atomic E-state index is 0.0567. The summed E-state index contributed by atoms with van der Waals surface area (Å²) in [6, 6.07) is 22.7. The Bertz CT molecular complexity index is 1230. The molecule has 2 aromatic carbocycles. The molecule has 2 aromatic heterocycles. The number of ether oxygens (including phenoxy) is 2. The molecule has 0 saturated heterocycles. The minimum Gasteiger partial charge on any atom is -0.444 e. The molecular weight excluding hydrogens is 418 g/mol.